The molecule has 94 valence electrons. The van der Waals surface area contributed by atoms with Crippen LogP contribution in [0.1, 0.15) is 52.4 Å². The van der Waals surface area contributed by atoms with E-state index < -0.39 is 0 Å². The fraction of sp³-hybridized carbons (Fsp3) is 1.00. The van der Waals surface area contributed by atoms with Crippen LogP contribution in [0.2, 0.25) is 0 Å². The van der Waals surface area contributed by atoms with Gasteiger partial charge in [0.25, 0.3) is 0 Å². The molecule has 0 spiro atoms. The minimum Gasteiger partial charge on any atom is -0.378 e. The lowest BCUT2D eigenvalue weighted by Crippen LogP contribution is -2.61. The lowest BCUT2D eigenvalue weighted by molar-refractivity contribution is -0.130. The summed E-state index contributed by atoms with van der Waals surface area (Å²) in [6.07, 6.45) is 8.53. The largest absolute Gasteiger partial charge is 0.378 e. The van der Waals surface area contributed by atoms with Gasteiger partial charge >= 0.3 is 0 Å². The summed E-state index contributed by atoms with van der Waals surface area (Å²) in [7, 11) is 2.07. The quantitative estimate of drug-likeness (QED) is 0.750. The van der Waals surface area contributed by atoms with Gasteiger partial charge in [-0.25, -0.2) is 0 Å². The van der Waals surface area contributed by atoms with Crippen LogP contribution >= 0.6 is 0 Å². The van der Waals surface area contributed by atoms with Gasteiger partial charge in [0, 0.05) is 18.1 Å². The Bertz CT molecular complexity index is 227. The molecule has 0 radical (unpaired) electrons. The first kappa shape index (κ1) is 12.4. The van der Waals surface area contributed by atoms with Crippen LogP contribution in [0, 0.1) is 11.3 Å². The third-order valence-electron chi connectivity index (χ3n) is 5.16. The Hall–Kier alpha value is -0.0800. The zero-order valence-corrected chi connectivity index (χ0v) is 11.1. The van der Waals surface area contributed by atoms with E-state index in [4.69, 9.17) is 4.74 Å². The summed E-state index contributed by atoms with van der Waals surface area (Å²) in [5.41, 5.74) is 0.369. The Kier molecular flexibility index (Phi) is 3.91. The van der Waals surface area contributed by atoms with Gasteiger partial charge in [0.05, 0.1) is 6.10 Å². The summed E-state index contributed by atoms with van der Waals surface area (Å²) in [6, 6.07) is 0.659. The molecule has 0 amide bonds. The molecule has 0 heterocycles. The second-order valence-corrected chi connectivity index (χ2v) is 5.88. The van der Waals surface area contributed by atoms with Gasteiger partial charge in [-0.05, 0) is 32.2 Å². The average molecular weight is 225 g/mol. The van der Waals surface area contributed by atoms with E-state index in [1.165, 1.54) is 38.5 Å². The van der Waals surface area contributed by atoms with Crippen molar-refractivity contribution in [2.45, 2.75) is 64.5 Å². The Morgan fingerprint density at radius 3 is 2.62 bits per heavy atom. The van der Waals surface area contributed by atoms with Gasteiger partial charge in [0.2, 0.25) is 0 Å². The van der Waals surface area contributed by atoms with Gasteiger partial charge in [-0.3, -0.25) is 0 Å². The molecule has 0 saturated heterocycles. The SMILES string of the molecule is CCC1(C)C(NC)CC1OCCC1CCC1. The van der Waals surface area contributed by atoms with Crippen molar-refractivity contribution in [2.75, 3.05) is 13.7 Å². The van der Waals surface area contributed by atoms with Crippen molar-refractivity contribution in [3.05, 3.63) is 0 Å². The molecule has 2 aliphatic rings. The summed E-state index contributed by atoms with van der Waals surface area (Å²) in [5.74, 6) is 0.980. The second-order valence-electron chi connectivity index (χ2n) is 5.88. The summed E-state index contributed by atoms with van der Waals surface area (Å²) < 4.78 is 6.08. The first-order chi connectivity index (χ1) is 7.70. The van der Waals surface area contributed by atoms with Crippen molar-refractivity contribution in [1.29, 1.82) is 0 Å². The molecule has 3 unspecified atom stereocenters. The van der Waals surface area contributed by atoms with Gasteiger partial charge < -0.3 is 10.1 Å². The maximum Gasteiger partial charge on any atom is 0.0658 e. The van der Waals surface area contributed by atoms with Crippen LogP contribution in [0.15, 0.2) is 0 Å². The third kappa shape index (κ3) is 2.14. The number of hydrogen-bond donors (Lipinski definition) is 1. The smallest absolute Gasteiger partial charge is 0.0658 e. The van der Waals surface area contributed by atoms with Crippen molar-refractivity contribution >= 4 is 0 Å². The lowest BCUT2D eigenvalue weighted by atomic mass is 9.61. The van der Waals surface area contributed by atoms with Gasteiger partial charge in [-0.15, -0.1) is 0 Å². The molecule has 2 heteroatoms. The van der Waals surface area contributed by atoms with Crippen LogP contribution in [0.5, 0.6) is 0 Å². The minimum absolute atomic E-state index is 0.369. The molecule has 0 aliphatic heterocycles. The highest BCUT2D eigenvalue weighted by molar-refractivity contribution is 5.04. The van der Waals surface area contributed by atoms with Crippen molar-refractivity contribution in [2.24, 2.45) is 11.3 Å². The van der Waals surface area contributed by atoms with Crippen molar-refractivity contribution in [3.8, 4) is 0 Å². The molecule has 0 bridgehead atoms. The fourth-order valence-electron chi connectivity index (χ4n) is 3.15. The summed E-state index contributed by atoms with van der Waals surface area (Å²) in [5, 5.41) is 3.41. The van der Waals surface area contributed by atoms with Crippen molar-refractivity contribution < 1.29 is 4.74 Å². The standard InChI is InChI=1S/C14H27NO/c1-4-14(2)12(15-3)10-13(14)16-9-8-11-6-5-7-11/h11-13,15H,4-10H2,1-3H3. The van der Waals surface area contributed by atoms with Crippen LogP contribution in [-0.4, -0.2) is 25.8 Å². The van der Waals surface area contributed by atoms with Gasteiger partial charge in [0.1, 0.15) is 0 Å². The highest BCUT2D eigenvalue weighted by Crippen LogP contribution is 2.45. The van der Waals surface area contributed by atoms with E-state index in [9.17, 15) is 0 Å². The number of nitrogens with one attached hydrogen (secondary N) is 1. The average Bonchev–Trinajstić information content (AvgIpc) is 2.23. The summed E-state index contributed by atoms with van der Waals surface area (Å²) >= 11 is 0. The monoisotopic (exact) mass is 225 g/mol. The highest BCUT2D eigenvalue weighted by atomic mass is 16.5. The first-order valence-electron chi connectivity index (χ1n) is 6.99. The lowest BCUT2D eigenvalue weighted by Gasteiger charge is -2.53. The predicted octanol–water partition coefficient (Wildman–Crippen LogP) is 2.97. The fourth-order valence-corrected chi connectivity index (χ4v) is 3.15. The molecule has 3 atom stereocenters. The third-order valence-corrected chi connectivity index (χ3v) is 5.16. The van der Waals surface area contributed by atoms with Gasteiger partial charge in [0.15, 0.2) is 0 Å². The predicted molar refractivity (Wildman–Crippen MR) is 67.6 cm³/mol. The highest BCUT2D eigenvalue weighted by Gasteiger charge is 2.50. The van der Waals surface area contributed by atoms with Crippen LogP contribution < -0.4 is 5.32 Å². The molecular formula is C14H27NO. The molecule has 2 saturated carbocycles. The molecule has 2 aliphatic carbocycles. The van der Waals surface area contributed by atoms with E-state index in [1.54, 1.807) is 0 Å². The maximum absolute atomic E-state index is 6.08. The van der Waals surface area contributed by atoms with E-state index in [0.29, 0.717) is 17.6 Å². The Morgan fingerprint density at radius 1 is 1.38 bits per heavy atom. The number of hydrogen-bond acceptors (Lipinski definition) is 2. The number of ether oxygens (including phenoxy) is 1. The van der Waals surface area contributed by atoms with Crippen LogP contribution in [0.4, 0.5) is 0 Å². The van der Waals surface area contributed by atoms with Crippen LogP contribution in [-0.2, 0) is 4.74 Å². The zero-order chi connectivity index (χ0) is 11.6. The first-order valence-corrected chi connectivity index (χ1v) is 6.99. The molecule has 0 aromatic rings. The molecule has 2 fully saturated rings. The topological polar surface area (TPSA) is 21.3 Å². The van der Waals surface area contributed by atoms with E-state index >= 15 is 0 Å². The van der Waals surface area contributed by atoms with Crippen molar-refractivity contribution in [3.63, 3.8) is 0 Å². The second kappa shape index (κ2) is 5.05. The van der Waals surface area contributed by atoms with Crippen molar-refractivity contribution in [1.82, 2.24) is 5.32 Å². The molecule has 0 aromatic heterocycles. The van der Waals surface area contributed by atoms with E-state index in [1.807, 2.05) is 0 Å². The Balaban J connectivity index is 1.69. The van der Waals surface area contributed by atoms with E-state index in [2.05, 4.69) is 26.2 Å². The van der Waals surface area contributed by atoms with Crippen LogP contribution in [0.3, 0.4) is 0 Å². The zero-order valence-electron chi connectivity index (χ0n) is 11.1. The Labute approximate surface area is 100 Å². The molecular weight excluding hydrogens is 198 g/mol. The molecule has 16 heavy (non-hydrogen) atoms. The summed E-state index contributed by atoms with van der Waals surface area (Å²) in [4.78, 5) is 0. The normalized spacial score (nSPS) is 39.2. The maximum atomic E-state index is 6.08. The van der Waals surface area contributed by atoms with Crippen LogP contribution in [0.25, 0.3) is 0 Å². The molecule has 1 N–H and O–H groups in total. The van der Waals surface area contributed by atoms with E-state index in [0.717, 1.165) is 12.5 Å². The minimum atomic E-state index is 0.369. The number of rotatable bonds is 6. The molecule has 2 nitrogen and oxygen atoms in total. The molecule has 0 aromatic carbocycles. The van der Waals surface area contributed by atoms with E-state index in [-0.39, 0.29) is 0 Å². The van der Waals surface area contributed by atoms with Gasteiger partial charge in [-0.2, -0.15) is 0 Å². The Morgan fingerprint density at radius 2 is 2.12 bits per heavy atom. The van der Waals surface area contributed by atoms with Gasteiger partial charge in [-0.1, -0.05) is 33.1 Å². The molecule has 2 rings (SSSR count). The summed E-state index contributed by atoms with van der Waals surface area (Å²) in [6.45, 7) is 5.64.